The van der Waals surface area contributed by atoms with Gasteiger partial charge >= 0.3 is 0 Å². The van der Waals surface area contributed by atoms with Gasteiger partial charge in [0, 0.05) is 18.8 Å². The number of methoxy groups -OCH3 is 2. The molecule has 0 aliphatic carbocycles. The van der Waals surface area contributed by atoms with E-state index in [9.17, 15) is 4.79 Å². The van der Waals surface area contributed by atoms with Crippen LogP contribution in [0, 0.1) is 6.92 Å². The van der Waals surface area contributed by atoms with Gasteiger partial charge in [0.1, 0.15) is 11.5 Å². The highest BCUT2D eigenvalue weighted by molar-refractivity contribution is 5.94. The quantitative estimate of drug-likeness (QED) is 0.890. The molecule has 2 rings (SSSR count). The summed E-state index contributed by atoms with van der Waals surface area (Å²) in [5.41, 5.74) is 2.73. The average Bonchev–Trinajstić information content (AvgIpc) is 2.56. The van der Waals surface area contributed by atoms with Gasteiger partial charge in [-0.1, -0.05) is 17.7 Å². The van der Waals surface area contributed by atoms with Crippen LogP contribution in [0.5, 0.6) is 11.5 Å². The number of likely N-dealkylation sites (N-methyl/N-ethyl adjacent to an activating group) is 1. The molecule has 0 unspecified atom stereocenters. The van der Waals surface area contributed by atoms with Crippen molar-refractivity contribution in [1.29, 1.82) is 0 Å². The number of nitrogens with zero attached hydrogens (tertiary/aromatic N) is 1. The minimum absolute atomic E-state index is 0.0961. The average molecular weight is 314 g/mol. The molecular formula is C18H22N2O3. The third kappa shape index (κ3) is 4.39. The molecule has 2 aromatic rings. The zero-order valence-electron chi connectivity index (χ0n) is 13.9. The molecule has 0 atom stereocenters. The normalized spacial score (nSPS) is 10.1. The Morgan fingerprint density at radius 1 is 1.09 bits per heavy atom. The predicted octanol–water partition coefficient (Wildman–Crippen LogP) is 3.09. The highest BCUT2D eigenvalue weighted by Crippen LogP contribution is 2.31. The smallest absolute Gasteiger partial charge is 0.243 e. The van der Waals surface area contributed by atoms with Gasteiger partial charge in [-0.3, -0.25) is 4.79 Å². The summed E-state index contributed by atoms with van der Waals surface area (Å²) in [7, 11) is 5.05. The van der Waals surface area contributed by atoms with Gasteiger partial charge in [-0.15, -0.1) is 0 Å². The zero-order valence-corrected chi connectivity index (χ0v) is 13.9. The molecule has 1 N–H and O–H groups in total. The molecule has 0 saturated carbocycles. The minimum Gasteiger partial charge on any atom is -0.497 e. The van der Waals surface area contributed by atoms with E-state index in [2.05, 4.69) is 5.32 Å². The molecule has 122 valence electrons. The van der Waals surface area contributed by atoms with Gasteiger partial charge in [0.05, 0.1) is 26.5 Å². The van der Waals surface area contributed by atoms with Crippen molar-refractivity contribution >= 4 is 17.3 Å². The van der Waals surface area contributed by atoms with Crippen LogP contribution in [0.3, 0.4) is 0 Å². The molecular weight excluding hydrogens is 292 g/mol. The minimum atomic E-state index is -0.0961. The first kappa shape index (κ1) is 16.7. The van der Waals surface area contributed by atoms with E-state index in [0.717, 1.165) is 16.9 Å². The lowest BCUT2D eigenvalue weighted by atomic mass is 10.2. The Balaban J connectivity index is 2.07. The van der Waals surface area contributed by atoms with Gasteiger partial charge in [0.15, 0.2) is 0 Å². The molecule has 5 nitrogen and oxygen atoms in total. The summed E-state index contributed by atoms with van der Waals surface area (Å²) in [5.74, 6) is 1.31. The van der Waals surface area contributed by atoms with Gasteiger partial charge in [-0.2, -0.15) is 0 Å². The van der Waals surface area contributed by atoms with Crippen molar-refractivity contribution in [3.8, 4) is 11.5 Å². The lowest BCUT2D eigenvalue weighted by molar-refractivity contribution is -0.114. The fourth-order valence-corrected chi connectivity index (χ4v) is 2.23. The van der Waals surface area contributed by atoms with Crippen molar-refractivity contribution in [2.75, 3.05) is 38.0 Å². The molecule has 0 heterocycles. The number of aryl methyl sites for hydroxylation is 1. The second-order valence-electron chi connectivity index (χ2n) is 5.31. The van der Waals surface area contributed by atoms with Crippen molar-refractivity contribution in [2.45, 2.75) is 6.92 Å². The largest absolute Gasteiger partial charge is 0.497 e. The van der Waals surface area contributed by atoms with E-state index < -0.39 is 0 Å². The molecule has 23 heavy (non-hydrogen) atoms. The number of ether oxygens (including phenoxy) is 2. The Morgan fingerprint density at radius 2 is 1.78 bits per heavy atom. The van der Waals surface area contributed by atoms with Crippen molar-refractivity contribution in [2.24, 2.45) is 0 Å². The number of hydrogen-bond donors (Lipinski definition) is 1. The van der Waals surface area contributed by atoms with Gasteiger partial charge in [0.25, 0.3) is 0 Å². The summed E-state index contributed by atoms with van der Waals surface area (Å²) in [6, 6.07) is 13.2. The Bertz CT molecular complexity index is 668. The van der Waals surface area contributed by atoms with Crippen LogP contribution >= 0.6 is 0 Å². The van der Waals surface area contributed by atoms with Crippen LogP contribution in [0.1, 0.15) is 5.56 Å². The number of hydrogen-bond acceptors (Lipinski definition) is 4. The fourth-order valence-electron chi connectivity index (χ4n) is 2.23. The summed E-state index contributed by atoms with van der Waals surface area (Å²) in [4.78, 5) is 14.0. The maximum absolute atomic E-state index is 12.2. The molecule has 5 heteroatoms. The first-order valence-corrected chi connectivity index (χ1v) is 7.33. The Hall–Kier alpha value is -2.69. The van der Waals surface area contributed by atoms with Crippen LogP contribution in [0.4, 0.5) is 11.4 Å². The Morgan fingerprint density at radius 3 is 2.39 bits per heavy atom. The number of anilines is 2. The van der Waals surface area contributed by atoms with Gasteiger partial charge in [-0.25, -0.2) is 0 Å². The molecule has 0 aliphatic rings. The summed E-state index contributed by atoms with van der Waals surface area (Å²) >= 11 is 0. The zero-order chi connectivity index (χ0) is 16.8. The maximum Gasteiger partial charge on any atom is 0.243 e. The predicted molar refractivity (Wildman–Crippen MR) is 92.6 cm³/mol. The molecule has 0 radical (unpaired) electrons. The second-order valence-corrected chi connectivity index (χ2v) is 5.31. The summed E-state index contributed by atoms with van der Waals surface area (Å²) in [6.07, 6.45) is 0. The lowest BCUT2D eigenvalue weighted by Crippen LogP contribution is -2.30. The molecule has 0 spiro atoms. The maximum atomic E-state index is 12.2. The number of benzene rings is 2. The third-order valence-electron chi connectivity index (χ3n) is 3.51. The van der Waals surface area contributed by atoms with E-state index in [1.807, 2.05) is 61.3 Å². The van der Waals surface area contributed by atoms with Crippen LogP contribution in [-0.4, -0.2) is 33.7 Å². The van der Waals surface area contributed by atoms with Crippen molar-refractivity contribution in [3.63, 3.8) is 0 Å². The first-order valence-electron chi connectivity index (χ1n) is 7.33. The topological polar surface area (TPSA) is 50.8 Å². The van der Waals surface area contributed by atoms with E-state index in [-0.39, 0.29) is 12.5 Å². The van der Waals surface area contributed by atoms with Gasteiger partial charge < -0.3 is 19.7 Å². The first-order chi connectivity index (χ1) is 11.0. The summed E-state index contributed by atoms with van der Waals surface area (Å²) in [6.45, 7) is 2.21. The highest BCUT2D eigenvalue weighted by atomic mass is 16.5. The van der Waals surface area contributed by atoms with E-state index in [0.29, 0.717) is 11.5 Å². The number of rotatable bonds is 6. The molecule has 2 aromatic carbocycles. The second kappa shape index (κ2) is 7.54. The molecule has 1 amide bonds. The molecule has 0 fully saturated rings. The summed E-state index contributed by atoms with van der Waals surface area (Å²) < 4.78 is 10.6. The molecule has 0 aliphatic heterocycles. The van der Waals surface area contributed by atoms with Crippen molar-refractivity contribution in [1.82, 2.24) is 0 Å². The molecule has 0 bridgehead atoms. The Kier molecular flexibility index (Phi) is 5.46. The highest BCUT2D eigenvalue weighted by Gasteiger charge is 2.13. The fraction of sp³-hybridized carbons (Fsp3) is 0.278. The van der Waals surface area contributed by atoms with Crippen LogP contribution in [0.25, 0.3) is 0 Å². The molecule has 0 aromatic heterocycles. The van der Waals surface area contributed by atoms with Crippen LogP contribution in [0.15, 0.2) is 42.5 Å². The van der Waals surface area contributed by atoms with E-state index in [1.54, 1.807) is 14.2 Å². The van der Waals surface area contributed by atoms with Crippen molar-refractivity contribution in [3.05, 3.63) is 48.0 Å². The monoisotopic (exact) mass is 314 g/mol. The number of amides is 1. The standard InChI is InChI=1S/C18H22N2O3/c1-13-5-7-14(8-6-13)19-18(21)12-20(2)16-11-15(22-3)9-10-17(16)23-4/h5-11H,12H2,1-4H3,(H,19,21). The number of carbonyl (C=O) groups is 1. The van der Waals surface area contributed by atoms with E-state index in [1.165, 1.54) is 0 Å². The van der Waals surface area contributed by atoms with Crippen LogP contribution < -0.4 is 19.7 Å². The SMILES string of the molecule is COc1ccc(OC)c(N(C)CC(=O)Nc2ccc(C)cc2)c1. The van der Waals surface area contributed by atoms with E-state index in [4.69, 9.17) is 9.47 Å². The van der Waals surface area contributed by atoms with Crippen molar-refractivity contribution < 1.29 is 14.3 Å². The third-order valence-corrected chi connectivity index (χ3v) is 3.51. The summed E-state index contributed by atoms with van der Waals surface area (Å²) in [5, 5.41) is 2.88. The van der Waals surface area contributed by atoms with Crippen LogP contribution in [0.2, 0.25) is 0 Å². The van der Waals surface area contributed by atoms with E-state index >= 15 is 0 Å². The lowest BCUT2D eigenvalue weighted by Gasteiger charge is -2.22. The van der Waals surface area contributed by atoms with Gasteiger partial charge in [0.2, 0.25) is 5.91 Å². The van der Waals surface area contributed by atoms with Gasteiger partial charge in [-0.05, 0) is 31.2 Å². The number of carbonyl (C=O) groups excluding carboxylic acids is 1. The Labute approximate surface area is 136 Å². The number of nitrogens with one attached hydrogen (secondary N) is 1. The van der Waals surface area contributed by atoms with Crippen LogP contribution in [-0.2, 0) is 4.79 Å². The molecule has 0 saturated heterocycles.